The van der Waals surface area contributed by atoms with Gasteiger partial charge in [-0.05, 0) is 49.7 Å². The van der Waals surface area contributed by atoms with Crippen LogP contribution >= 0.6 is 0 Å². The van der Waals surface area contributed by atoms with Gasteiger partial charge in [0, 0.05) is 36.0 Å². The number of nitrogens with zero attached hydrogens (tertiary/aromatic N) is 3. The van der Waals surface area contributed by atoms with Crippen molar-refractivity contribution in [3.63, 3.8) is 0 Å². The van der Waals surface area contributed by atoms with E-state index in [0.29, 0.717) is 5.69 Å². The Balaban J connectivity index is 2.24. The van der Waals surface area contributed by atoms with Gasteiger partial charge in [-0.2, -0.15) is 0 Å². The molecule has 0 aliphatic rings. The first-order valence-electron chi connectivity index (χ1n) is 6.77. The molecule has 22 heavy (non-hydrogen) atoms. The first-order chi connectivity index (χ1) is 10.5. The normalized spacial score (nSPS) is 11.5. The third kappa shape index (κ3) is 2.42. The maximum absolute atomic E-state index is 12.9. The van der Waals surface area contributed by atoms with Gasteiger partial charge in [0.25, 0.3) is 10.0 Å². The summed E-state index contributed by atoms with van der Waals surface area (Å²) in [4.78, 5) is 8.30. The Hall–Kier alpha value is -2.47. The molecule has 3 heterocycles. The topological polar surface area (TPSA) is 64.8 Å². The largest absolute Gasteiger partial charge is 0.269 e. The van der Waals surface area contributed by atoms with E-state index in [1.54, 1.807) is 30.7 Å². The molecule has 0 fully saturated rings. The fraction of sp³-hybridized carbons (Fsp3) is 0.125. The molecule has 3 aromatic rings. The summed E-state index contributed by atoms with van der Waals surface area (Å²) in [7, 11) is -3.69. The molecule has 0 saturated heterocycles. The lowest BCUT2D eigenvalue weighted by atomic mass is 10.1. The molecule has 0 aliphatic carbocycles. The van der Waals surface area contributed by atoms with Crippen molar-refractivity contribution in [2.45, 2.75) is 18.7 Å². The summed E-state index contributed by atoms with van der Waals surface area (Å²) < 4.78 is 27.0. The number of aryl methyl sites for hydroxylation is 2. The summed E-state index contributed by atoms with van der Waals surface area (Å²) >= 11 is 0. The molecule has 5 nitrogen and oxygen atoms in total. The molecular weight excluding hydrogens is 298 g/mol. The van der Waals surface area contributed by atoms with Crippen LogP contribution < -0.4 is 0 Å². The van der Waals surface area contributed by atoms with E-state index in [9.17, 15) is 8.42 Å². The van der Waals surface area contributed by atoms with E-state index in [4.69, 9.17) is 0 Å². The predicted molar refractivity (Wildman–Crippen MR) is 84.0 cm³/mol. The predicted octanol–water partition coefficient (Wildman–Crippen LogP) is 2.80. The lowest BCUT2D eigenvalue weighted by molar-refractivity contribution is 0.587. The van der Waals surface area contributed by atoms with Gasteiger partial charge in [-0.25, -0.2) is 12.4 Å². The van der Waals surface area contributed by atoms with Crippen molar-refractivity contribution < 1.29 is 8.42 Å². The number of aromatic nitrogens is 3. The summed E-state index contributed by atoms with van der Waals surface area (Å²) in [6, 6.07) is 8.66. The minimum atomic E-state index is -3.69. The van der Waals surface area contributed by atoms with Crippen LogP contribution in [0.15, 0.2) is 60.0 Å². The molecule has 0 radical (unpaired) electrons. The zero-order valence-corrected chi connectivity index (χ0v) is 13.1. The van der Waals surface area contributed by atoms with Crippen LogP contribution in [-0.4, -0.2) is 22.4 Å². The SMILES string of the molecule is Cc1cc(-c2cccnc2C)n(S(=O)(=O)c2cccnc2)c1. The van der Waals surface area contributed by atoms with Gasteiger partial charge in [-0.3, -0.25) is 9.97 Å². The average Bonchev–Trinajstić information content (AvgIpc) is 2.91. The highest BCUT2D eigenvalue weighted by Crippen LogP contribution is 2.28. The highest BCUT2D eigenvalue weighted by atomic mass is 32.2. The molecule has 112 valence electrons. The van der Waals surface area contributed by atoms with E-state index < -0.39 is 10.0 Å². The fourth-order valence-electron chi connectivity index (χ4n) is 2.33. The van der Waals surface area contributed by atoms with E-state index >= 15 is 0 Å². The van der Waals surface area contributed by atoms with E-state index in [-0.39, 0.29) is 4.90 Å². The summed E-state index contributed by atoms with van der Waals surface area (Å²) in [6.07, 6.45) is 6.20. The Morgan fingerprint density at radius 3 is 2.55 bits per heavy atom. The number of hydrogen-bond donors (Lipinski definition) is 0. The van der Waals surface area contributed by atoms with Crippen molar-refractivity contribution in [2.24, 2.45) is 0 Å². The first-order valence-corrected chi connectivity index (χ1v) is 8.21. The quantitative estimate of drug-likeness (QED) is 0.746. The number of rotatable bonds is 3. The zero-order valence-electron chi connectivity index (χ0n) is 12.3. The molecule has 0 aliphatic heterocycles. The number of hydrogen-bond acceptors (Lipinski definition) is 4. The Labute approximate surface area is 129 Å². The molecular formula is C16H15N3O2S. The van der Waals surface area contributed by atoms with Crippen LogP contribution in [-0.2, 0) is 10.0 Å². The van der Waals surface area contributed by atoms with Gasteiger partial charge in [0.05, 0.1) is 5.69 Å². The monoisotopic (exact) mass is 313 g/mol. The molecule has 3 aromatic heterocycles. The summed E-state index contributed by atoms with van der Waals surface area (Å²) in [5.41, 5.74) is 3.05. The molecule has 0 spiro atoms. The lowest BCUT2D eigenvalue weighted by Gasteiger charge is -2.11. The Morgan fingerprint density at radius 1 is 1.09 bits per heavy atom. The van der Waals surface area contributed by atoms with Crippen LogP contribution in [0.2, 0.25) is 0 Å². The van der Waals surface area contributed by atoms with Crippen LogP contribution in [0.5, 0.6) is 0 Å². The Morgan fingerprint density at radius 2 is 1.86 bits per heavy atom. The first kappa shape index (κ1) is 14.5. The van der Waals surface area contributed by atoms with Crippen LogP contribution in [0.4, 0.5) is 0 Å². The van der Waals surface area contributed by atoms with E-state index in [1.165, 1.54) is 16.2 Å². The summed E-state index contributed by atoms with van der Waals surface area (Å²) in [5.74, 6) is 0. The number of pyridine rings is 2. The lowest BCUT2D eigenvalue weighted by Crippen LogP contribution is -2.13. The van der Waals surface area contributed by atoms with E-state index in [1.807, 2.05) is 26.0 Å². The van der Waals surface area contributed by atoms with Gasteiger partial charge in [0.15, 0.2) is 0 Å². The maximum atomic E-state index is 12.9. The van der Waals surface area contributed by atoms with Gasteiger partial charge in [0.2, 0.25) is 0 Å². The molecule has 0 N–H and O–H groups in total. The Bertz CT molecular complexity index is 916. The molecule has 3 rings (SSSR count). The van der Waals surface area contributed by atoms with E-state index in [2.05, 4.69) is 9.97 Å². The van der Waals surface area contributed by atoms with Crippen molar-refractivity contribution >= 4 is 10.0 Å². The minimum Gasteiger partial charge on any atom is -0.263 e. The van der Waals surface area contributed by atoms with Gasteiger partial charge in [0.1, 0.15) is 4.90 Å². The van der Waals surface area contributed by atoms with Crippen molar-refractivity contribution in [3.05, 3.63) is 66.4 Å². The Kier molecular flexibility index (Phi) is 3.54. The summed E-state index contributed by atoms with van der Waals surface area (Å²) in [5, 5.41) is 0. The van der Waals surface area contributed by atoms with Crippen molar-refractivity contribution in [1.29, 1.82) is 0 Å². The molecule has 0 saturated carbocycles. The van der Waals surface area contributed by atoms with Crippen molar-refractivity contribution in [2.75, 3.05) is 0 Å². The van der Waals surface area contributed by atoms with Crippen molar-refractivity contribution in [1.82, 2.24) is 13.9 Å². The van der Waals surface area contributed by atoms with Gasteiger partial charge in [-0.1, -0.05) is 0 Å². The second-order valence-corrected chi connectivity index (χ2v) is 6.84. The summed E-state index contributed by atoms with van der Waals surface area (Å²) in [6.45, 7) is 3.73. The molecule has 0 unspecified atom stereocenters. The van der Waals surface area contributed by atoms with Crippen molar-refractivity contribution in [3.8, 4) is 11.3 Å². The molecule has 0 atom stereocenters. The van der Waals surface area contributed by atoms with E-state index in [0.717, 1.165) is 16.8 Å². The highest BCUT2D eigenvalue weighted by molar-refractivity contribution is 7.90. The third-order valence-electron chi connectivity index (χ3n) is 3.40. The fourth-order valence-corrected chi connectivity index (χ4v) is 3.72. The van der Waals surface area contributed by atoms with Gasteiger partial charge < -0.3 is 0 Å². The van der Waals surface area contributed by atoms with Gasteiger partial charge >= 0.3 is 0 Å². The molecule has 6 heteroatoms. The minimum absolute atomic E-state index is 0.161. The van der Waals surface area contributed by atoms with Crippen LogP contribution in [0.1, 0.15) is 11.3 Å². The third-order valence-corrected chi connectivity index (χ3v) is 5.05. The van der Waals surface area contributed by atoms with Crippen LogP contribution in [0, 0.1) is 13.8 Å². The molecule has 0 bridgehead atoms. The highest BCUT2D eigenvalue weighted by Gasteiger charge is 2.22. The van der Waals surface area contributed by atoms with Crippen LogP contribution in [0.3, 0.4) is 0 Å². The second-order valence-electron chi connectivity index (χ2n) is 5.03. The van der Waals surface area contributed by atoms with Gasteiger partial charge in [-0.15, -0.1) is 0 Å². The average molecular weight is 313 g/mol. The van der Waals surface area contributed by atoms with Crippen LogP contribution in [0.25, 0.3) is 11.3 Å². The zero-order chi connectivity index (χ0) is 15.7. The maximum Gasteiger partial charge on any atom is 0.269 e. The second kappa shape index (κ2) is 5.38. The standard InChI is InChI=1S/C16H15N3O2S/c1-12-9-16(15-6-4-8-18-13(15)2)19(11-12)22(20,21)14-5-3-7-17-10-14/h3-11H,1-2H3. The molecule has 0 aromatic carbocycles. The molecule has 0 amide bonds. The smallest absolute Gasteiger partial charge is 0.263 e.